The second-order valence-corrected chi connectivity index (χ2v) is 6.31. The molecule has 0 heterocycles. The Labute approximate surface area is 126 Å². The zero-order valence-electron chi connectivity index (χ0n) is 10.5. The summed E-state index contributed by atoms with van der Waals surface area (Å²) in [6.45, 7) is 0.177. The number of rotatable bonds is 5. The van der Waals surface area contributed by atoms with E-state index in [1.54, 1.807) is 0 Å². The second-order valence-electron chi connectivity index (χ2n) is 5.05. The highest BCUT2D eigenvalue weighted by Crippen LogP contribution is 2.31. The zero-order chi connectivity index (χ0) is 13.8. The van der Waals surface area contributed by atoms with Gasteiger partial charge in [-0.2, -0.15) is 0 Å². The van der Waals surface area contributed by atoms with E-state index in [1.807, 2.05) is 0 Å². The first-order chi connectivity index (χ1) is 9.06. The molecule has 5 heteroatoms. The van der Waals surface area contributed by atoms with Crippen LogP contribution in [-0.4, -0.2) is 17.8 Å². The van der Waals surface area contributed by atoms with Gasteiger partial charge in [0, 0.05) is 6.07 Å². The first-order valence-corrected chi connectivity index (χ1v) is 7.68. The third-order valence-electron chi connectivity index (χ3n) is 3.49. The van der Waals surface area contributed by atoms with Crippen LogP contribution in [0.5, 0.6) is 5.75 Å². The normalized spacial score (nSPS) is 17.7. The molecule has 0 aliphatic heterocycles. The minimum Gasteiger partial charge on any atom is -0.490 e. The Morgan fingerprint density at radius 1 is 1.42 bits per heavy atom. The van der Waals surface area contributed by atoms with Gasteiger partial charge in [-0.25, -0.2) is 4.39 Å². The van der Waals surface area contributed by atoms with E-state index in [4.69, 9.17) is 16.3 Å². The molecule has 1 unspecified atom stereocenters. The molecule has 1 fully saturated rings. The van der Waals surface area contributed by atoms with E-state index in [2.05, 4.69) is 15.9 Å². The number of aliphatic hydroxyl groups is 1. The molecule has 0 radical (unpaired) electrons. The fourth-order valence-electron chi connectivity index (χ4n) is 2.50. The number of hydrogen-bond donors (Lipinski definition) is 1. The predicted octanol–water partition coefficient (Wildman–Crippen LogP) is 4.56. The molecule has 0 bridgehead atoms. The number of benzene rings is 1. The van der Waals surface area contributed by atoms with Crippen LogP contribution in [0.4, 0.5) is 4.39 Å². The SMILES string of the molecule is OC(COc1cc(F)c(Cl)cc1Br)CC1CCCC1. The summed E-state index contributed by atoms with van der Waals surface area (Å²) in [6, 6.07) is 2.68. The standard InChI is InChI=1S/C14H17BrClFO2/c15-11-6-12(16)13(17)7-14(11)19-8-10(18)5-9-3-1-2-4-9/h6-7,9-10,18H,1-5,8H2. The van der Waals surface area contributed by atoms with Crippen LogP contribution in [-0.2, 0) is 0 Å². The highest BCUT2D eigenvalue weighted by molar-refractivity contribution is 9.10. The predicted molar refractivity (Wildman–Crippen MR) is 77.2 cm³/mol. The molecular weight excluding hydrogens is 335 g/mol. The van der Waals surface area contributed by atoms with Gasteiger partial charge >= 0.3 is 0 Å². The maximum absolute atomic E-state index is 13.3. The van der Waals surface area contributed by atoms with Crippen molar-refractivity contribution in [2.24, 2.45) is 5.92 Å². The minimum absolute atomic E-state index is 0.0470. The molecule has 1 atom stereocenters. The van der Waals surface area contributed by atoms with E-state index in [1.165, 1.54) is 37.8 Å². The molecule has 1 N–H and O–H groups in total. The Morgan fingerprint density at radius 3 is 2.79 bits per heavy atom. The van der Waals surface area contributed by atoms with Crippen LogP contribution in [0.15, 0.2) is 16.6 Å². The molecule has 0 spiro atoms. The number of hydrogen-bond acceptors (Lipinski definition) is 2. The first-order valence-electron chi connectivity index (χ1n) is 6.51. The fourth-order valence-corrected chi connectivity index (χ4v) is 3.25. The van der Waals surface area contributed by atoms with E-state index in [0.29, 0.717) is 16.1 Å². The van der Waals surface area contributed by atoms with E-state index < -0.39 is 11.9 Å². The van der Waals surface area contributed by atoms with Crippen molar-refractivity contribution in [3.05, 3.63) is 27.4 Å². The van der Waals surface area contributed by atoms with Gasteiger partial charge in [0.2, 0.25) is 0 Å². The van der Waals surface area contributed by atoms with Gasteiger partial charge in [-0.15, -0.1) is 0 Å². The van der Waals surface area contributed by atoms with Crippen molar-refractivity contribution in [1.29, 1.82) is 0 Å². The van der Waals surface area contributed by atoms with Gasteiger partial charge in [0.15, 0.2) is 0 Å². The van der Waals surface area contributed by atoms with Crippen LogP contribution in [0, 0.1) is 11.7 Å². The topological polar surface area (TPSA) is 29.5 Å². The Kier molecular flexibility index (Phi) is 5.48. The van der Waals surface area contributed by atoms with Crippen LogP contribution in [0.25, 0.3) is 0 Å². The van der Waals surface area contributed by atoms with Gasteiger partial charge < -0.3 is 9.84 Å². The molecule has 19 heavy (non-hydrogen) atoms. The van der Waals surface area contributed by atoms with Gasteiger partial charge in [0.1, 0.15) is 18.2 Å². The molecule has 0 amide bonds. The minimum atomic E-state index is -0.523. The summed E-state index contributed by atoms with van der Waals surface area (Å²) < 4.78 is 19.4. The highest BCUT2D eigenvalue weighted by Gasteiger charge is 2.19. The molecular formula is C14H17BrClFO2. The van der Waals surface area contributed by atoms with Crippen molar-refractivity contribution >= 4 is 27.5 Å². The molecule has 2 rings (SSSR count). The van der Waals surface area contributed by atoms with Gasteiger partial charge in [0.25, 0.3) is 0 Å². The molecule has 0 saturated heterocycles. The van der Waals surface area contributed by atoms with E-state index >= 15 is 0 Å². The third kappa shape index (κ3) is 4.33. The van der Waals surface area contributed by atoms with Crippen LogP contribution in [0.2, 0.25) is 5.02 Å². The lowest BCUT2D eigenvalue weighted by Crippen LogP contribution is -2.20. The van der Waals surface area contributed by atoms with Gasteiger partial charge in [-0.1, -0.05) is 37.3 Å². The maximum atomic E-state index is 13.3. The molecule has 1 aliphatic rings. The van der Waals surface area contributed by atoms with Crippen LogP contribution < -0.4 is 4.74 Å². The lowest BCUT2D eigenvalue weighted by atomic mass is 10.0. The van der Waals surface area contributed by atoms with Crippen molar-refractivity contribution in [3.63, 3.8) is 0 Å². The van der Waals surface area contributed by atoms with E-state index in [0.717, 1.165) is 6.42 Å². The molecule has 1 aromatic rings. The second kappa shape index (κ2) is 6.91. The lowest BCUT2D eigenvalue weighted by molar-refractivity contribution is 0.0850. The summed E-state index contributed by atoms with van der Waals surface area (Å²) in [4.78, 5) is 0. The van der Waals surface area contributed by atoms with Gasteiger partial charge in [0.05, 0.1) is 15.6 Å². The van der Waals surface area contributed by atoms with Crippen LogP contribution in [0.1, 0.15) is 32.1 Å². The van der Waals surface area contributed by atoms with Gasteiger partial charge in [-0.3, -0.25) is 0 Å². The molecule has 106 valence electrons. The zero-order valence-corrected chi connectivity index (χ0v) is 12.9. The van der Waals surface area contributed by atoms with Crippen molar-refractivity contribution < 1.29 is 14.2 Å². The summed E-state index contributed by atoms with van der Waals surface area (Å²) in [5.74, 6) is 0.446. The van der Waals surface area contributed by atoms with Crippen molar-refractivity contribution in [2.45, 2.75) is 38.2 Å². The number of aliphatic hydroxyl groups excluding tert-OH is 1. The first kappa shape index (κ1) is 15.1. The van der Waals surface area contributed by atoms with Crippen LogP contribution >= 0.6 is 27.5 Å². The maximum Gasteiger partial charge on any atom is 0.145 e. The summed E-state index contributed by atoms with van der Waals surface area (Å²) in [6.07, 6.45) is 5.15. The summed E-state index contributed by atoms with van der Waals surface area (Å²) in [5, 5.41) is 9.97. The Bertz CT molecular complexity index is 436. The van der Waals surface area contributed by atoms with Crippen molar-refractivity contribution in [2.75, 3.05) is 6.61 Å². The van der Waals surface area contributed by atoms with E-state index in [-0.39, 0.29) is 11.6 Å². The highest BCUT2D eigenvalue weighted by atomic mass is 79.9. The Balaban J connectivity index is 1.85. The average Bonchev–Trinajstić information content (AvgIpc) is 2.85. The molecule has 2 nitrogen and oxygen atoms in total. The smallest absolute Gasteiger partial charge is 0.145 e. The summed E-state index contributed by atoms with van der Waals surface area (Å²) >= 11 is 8.91. The third-order valence-corrected chi connectivity index (χ3v) is 4.40. The fraction of sp³-hybridized carbons (Fsp3) is 0.571. The quantitative estimate of drug-likeness (QED) is 0.788. The largest absolute Gasteiger partial charge is 0.490 e. The van der Waals surface area contributed by atoms with Gasteiger partial charge in [-0.05, 0) is 34.3 Å². The summed E-state index contributed by atoms with van der Waals surface area (Å²) in [7, 11) is 0. The lowest BCUT2D eigenvalue weighted by Gasteiger charge is -2.16. The molecule has 1 aliphatic carbocycles. The van der Waals surface area contributed by atoms with Crippen LogP contribution in [0.3, 0.4) is 0 Å². The van der Waals surface area contributed by atoms with Crippen molar-refractivity contribution in [3.8, 4) is 5.75 Å². The Hall–Kier alpha value is -0.320. The Morgan fingerprint density at radius 2 is 2.11 bits per heavy atom. The number of ether oxygens (including phenoxy) is 1. The molecule has 1 aromatic carbocycles. The molecule has 0 aromatic heterocycles. The average molecular weight is 352 g/mol. The number of halogens is 3. The summed E-state index contributed by atoms with van der Waals surface area (Å²) in [5.41, 5.74) is 0. The van der Waals surface area contributed by atoms with Crippen molar-refractivity contribution in [1.82, 2.24) is 0 Å². The molecule has 1 saturated carbocycles. The van der Waals surface area contributed by atoms with E-state index in [9.17, 15) is 9.50 Å². The monoisotopic (exact) mass is 350 g/mol.